The molecule has 22 heavy (non-hydrogen) atoms. The molecule has 8 heteroatoms. The lowest BCUT2D eigenvalue weighted by Gasteiger charge is -2.15. The summed E-state index contributed by atoms with van der Waals surface area (Å²) < 4.78 is 65.6. The number of imidazole rings is 1. The molecule has 2 N–H and O–H groups in total. The van der Waals surface area contributed by atoms with Gasteiger partial charge in [0.25, 0.3) is 5.92 Å². The first-order valence-corrected chi connectivity index (χ1v) is 6.40. The van der Waals surface area contributed by atoms with Gasteiger partial charge in [0.05, 0.1) is 24.0 Å². The zero-order valence-electron chi connectivity index (χ0n) is 11.9. The molecule has 2 aromatic rings. The molecule has 0 aliphatic heterocycles. The third kappa shape index (κ3) is 3.62. The van der Waals surface area contributed by atoms with Crippen LogP contribution in [0.25, 0.3) is 11.3 Å². The molecule has 0 aliphatic rings. The summed E-state index contributed by atoms with van der Waals surface area (Å²) in [5.74, 6) is -2.87. The van der Waals surface area contributed by atoms with Crippen molar-refractivity contribution in [3.63, 3.8) is 0 Å². The molecule has 3 nitrogen and oxygen atoms in total. The number of hydrogen-bond donors (Lipinski definition) is 2. The third-order valence-electron chi connectivity index (χ3n) is 3.05. The molecule has 0 spiro atoms. The molecule has 0 aliphatic carbocycles. The van der Waals surface area contributed by atoms with Gasteiger partial charge >= 0.3 is 6.18 Å². The molecule has 0 saturated carbocycles. The van der Waals surface area contributed by atoms with Crippen LogP contribution in [0.2, 0.25) is 0 Å². The van der Waals surface area contributed by atoms with Crippen molar-refractivity contribution in [3.05, 3.63) is 41.3 Å². The zero-order valence-corrected chi connectivity index (χ0v) is 11.9. The van der Waals surface area contributed by atoms with E-state index in [9.17, 15) is 22.0 Å². The van der Waals surface area contributed by atoms with Crippen molar-refractivity contribution in [3.8, 4) is 11.3 Å². The van der Waals surface area contributed by atoms with E-state index in [2.05, 4.69) is 15.3 Å². The third-order valence-corrected chi connectivity index (χ3v) is 3.05. The molecule has 1 aromatic carbocycles. The first-order valence-electron chi connectivity index (χ1n) is 6.40. The lowest BCUT2D eigenvalue weighted by atomic mass is 10.00. The molecule has 0 bridgehead atoms. The summed E-state index contributed by atoms with van der Waals surface area (Å²) in [6, 6.07) is 2.33. The van der Waals surface area contributed by atoms with E-state index in [0.29, 0.717) is 25.4 Å². The molecule has 0 unspecified atom stereocenters. The van der Waals surface area contributed by atoms with Gasteiger partial charge in [-0.25, -0.2) is 13.8 Å². The van der Waals surface area contributed by atoms with Crippen LogP contribution in [0, 0.1) is 0 Å². The molecule has 1 aromatic heterocycles. The fourth-order valence-corrected chi connectivity index (χ4v) is 1.97. The Hall–Kier alpha value is -1.96. The van der Waals surface area contributed by atoms with E-state index in [0.717, 1.165) is 12.1 Å². The molecule has 0 atom stereocenters. The highest BCUT2D eigenvalue weighted by atomic mass is 19.4. The fraction of sp³-hybridized carbons (Fsp3) is 0.357. The molecule has 0 amide bonds. The van der Waals surface area contributed by atoms with Crippen LogP contribution in [-0.2, 0) is 18.6 Å². The van der Waals surface area contributed by atoms with Gasteiger partial charge in [-0.2, -0.15) is 13.2 Å². The normalized spacial score (nSPS) is 12.7. The van der Waals surface area contributed by atoms with Crippen LogP contribution < -0.4 is 5.32 Å². The minimum absolute atomic E-state index is 0.0150. The van der Waals surface area contributed by atoms with E-state index in [-0.39, 0.29) is 11.3 Å². The maximum atomic E-state index is 13.4. The molecule has 0 fully saturated rings. The topological polar surface area (TPSA) is 40.7 Å². The number of H-pyrrole nitrogens is 1. The number of nitrogens with one attached hydrogen (secondary N) is 2. The monoisotopic (exact) mass is 319 g/mol. The van der Waals surface area contributed by atoms with E-state index >= 15 is 0 Å². The van der Waals surface area contributed by atoms with Gasteiger partial charge < -0.3 is 10.3 Å². The highest BCUT2D eigenvalue weighted by Crippen LogP contribution is 2.37. The van der Waals surface area contributed by atoms with Crippen LogP contribution >= 0.6 is 0 Å². The number of aromatic nitrogens is 2. The molecule has 0 radical (unpaired) electrons. The summed E-state index contributed by atoms with van der Waals surface area (Å²) in [7, 11) is 1.68. The van der Waals surface area contributed by atoms with Gasteiger partial charge in [0, 0.05) is 18.1 Å². The number of rotatable bonds is 4. The molecular formula is C14H14F5N3. The van der Waals surface area contributed by atoms with Crippen LogP contribution in [0.15, 0.2) is 24.4 Å². The number of alkyl halides is 5. The maximum Gasteiger partial charge on any atom is 0.416 e. The summed E-state index contributed by atoms with van der Waals surface area (Å²) in [4.78, 5) is 6.78. The fourth-order valence-electron chi connectivity index (χ4n) is 1.97. The Balaban J connectivity index is 2.54. The molecule has 1 heterocycles. The second kappa shape index (κ2) is 5.68. The van der Waals surface area contributed by atoms with Crippen molar-refractivity contribution < 1.29 is 22.0 Å². The Morgan fingerprint density at radius 1 is 1.09 bits per heavy atom. The van der Waals surface area contributed by atoms with Crippen LogP contribution in [0.4, 0.5) is 22.0 Å². The maximum absolute atomic E-state index is 13.4. The van der Waals surface area contributed by atoms with E-state index < -0.39 is 23.2 Å². The Morgan fingerprint density at radius 3 is 2.27 bits per heavy atom. The Morgan fingerprint density at radius 2 is 1.73 bits per heavy atom. The van der Waals surface area contributed by atoms with E-state index in [1.807, 2.05) is 0 Å². The van der Waals surface area contributed by atoms with Crippen molar-refractivity contribution in [2.45, 2.75) is 25.6 Å². The quantitative estimate of drug-likeness (QED) is 0.839. The lowest BCUT2D eigenvalue weighted by molar-refractivity contribution is -0.137. The molecule has 120 valence electrons. The predicted molar refractivity (Wildman–Crippen MR) is 71.4 cm³/mol. The van der Waals surface area contributed by atoms with E-state index in [1.54, 1.807) is 7.05 Å². The van der Waals surface area contributed by atoms with Crippen molar-refractivity contribution in [2.75, 3.05) is 7.05 Å². The largest absolute Gasteiger partial charge is 0.416 e. The van der Waals surface area contributed by atoms with Gasteiger partial charge in [-0.15, -0.1) is 0 Å². The zero-order chi connectivity index (χ0) is 16.5. The van der Waals surface area contributed by atoms with Gasteiger partial charge in [-0.3, -0.25) is 0 Å². The summed E-state index contributed by atoms with van der Waals surface area (Å²) in [6.45, 7) is 0.946. The second-order valence-electron chi connectivity index (χ2n) is 4.96. The minimum atomic E-state index is -4.70. The second-order valence-corrected chi connectivity index (χ2v) is 4.96. The summed E-state index contributed by atoms with van der Waals surface area (Å²) in [5.41, 5.74) is -1.54. The molecular weight excluding hydrogens is 305 g/mol. The van der Waals surface area contributed by atoms with Gasteiger partial charge in [-0.1, -0.05) is 0 Å². The SMILES string of the molecule is CNCc1ncc(-c2cc(C(C)(F)F)cc(C(F)(F)F)c2)[nH]1. The number of hydrogen-bond acceptors (Lipinski definition) is 2. The summed E-state index contributed by atoms with van der Waals surface area (Å²) in [5, 5.41) is 2.83. The Kier molecular flexibility index (Phi) is 4.23. The number of halogens is 5. The van der Waals surface area contributed by atoms with Crippen molar-refractivity contribution in [2.24, 2.45) is 0 Å². The van der Waals surface area contributed by atoms with Crippen molar-refractivity contribution >= 4 is 0 Å². The van der Waals surface area contributed by atoms with Gasteiger partial charge in [0.1, 0.15) is 5.82 Å². The average Bonchev–Trinajstić information content (AvgIpc) is 2.85. The predicted octanol–water partition coefficient (Wildman–Crippen LogP) is 3.93. The van der Waals surface area contributed by atoms with E-state index in [4.69, 9.17) is 0 Å². The van der Waals surface area contributed by atoms with Crippen LogP contribution in [-0.4, -0.2) is 17.0 Å². The first-order chi connectivity index (χ1) is 10.1. The highest BCUT2D eigenvalue weighted by Gasteiger charge is 2.34. The average molecular weight is 319 g/mol. The Labute approximate surface area is 123 Å². The van der Waals surface area contributed by atoms with Crippen LogP contribution in [0.3, 0.4) is 0 Å². The van der Waals surface area contributed by atoms with Crippen molar-refractivity contribution in [1.29, 1.82) is 0 Å². The summed E-state index contributed by atoms with van der Waals surface area (Å²) >= 11 is 0. The van der Waals surface area contributed by atoms with Crippen molar-refractivity contribution in [1.82, 2.24) is 15.3 Å². The lowest BCUT2D eigenvalue weighted by Crippen LogP contribution is -2.12. The smallest absolute Gasteiger partial charge is 0.341 e. The first kappa shape index (κ1) is 16.4. The van der Waals surface area contributed by atoms with Gasteiger partial charge in [-0.05, 0) is 25.2 Å². The van der Waals surface area contributed by atoms with E-state index in [1.165, 1.54) is 6.20 Å². The standard InChI is InChI=1S/C14H14F5N3/c1-13(15,16)9-3-8(4-10(5-9)14(17,18)19)11-6-21-12(22-11)7-20-2/h3-6,20H,7H2,1-2H3,(H,21,22). The minimum Gasteiger partial charge on any atom is -0.341 e. The van der Waals surface area contributed by atoms with Gasteiger partial charge in [0.2, 0.25) is 0 Å². The number of nitrogens with zero attached hydrogens (tertiary/aromatic N) is 1. The number of benzene rings is 1. The number of aromatic amines is 1. The van der Waals surface area contributed by atoms with Crippen LogP contribution in [0.1, 0.15) is 23.9 Å². The highest BCUT2D eigenvalue weighted by molar-refractivity contribution is 5.61. The van der Waals surface area contributed by atoms with Gasteiger partial charge in [0.15, 0.2) is 0 Å². The Bertz CT molecular complexity index is 623. The molecule has 0 saturated heterocycles. The summed E-state index contributed by atoms with van der Waals surface area (Å²) in [6.07, 6.45) is -3.39. The molecule has 2 rings (SSSR count). The van der Waals surface area contributed by atoms with Crippen LogP contribution in [0.5, 0.6) is 0 Å².